The zero-order valence-electron chi connectivity index (χ0n) is 12.0. The molecule has 2 atom stereocenters. The van der Waals surface area contributed by atoms with E-state index < -0.39 is 35.8 Å². The van der Waals surface area contributed by atoms with E-state index in [0.29, 0.717) is 0 Å². The summed E-state index contributed by atoms with van der Waals surface area (Å²) >= 11 is 0. The van der Waals surface area contributed by atoms with E-state index in [2.05, 4.69) is 10.6 Å². The second-order valence-corrected chi connectivity index (χ2v) is 4.65. The van der Waals surface area contributed by atoms with Crippen LogP contribution < -0.4 is 10.6 Å². The van der Waals surface area contributed by atoms with Crippen LogP contribution in [0.15, 0.2) is 24.3 Å². The van der Waals surface area contributed by atoms with Gasteiger partial charge in [0.1, 0.15) is 12.1 Å². The average Bonchev–Trinajstić information content (AvgIpc) is 2.46. The second kappa shape index (κ2) is 7.21. The number of aliphatic carboxylic acids is 2. The summed E-state index contributed by atoms with van der Waals surface area (Å²) in [7, 11) is 0. The molecule has 0 saturated carbocycles. The molecule has 22 heavy (non-hydrogen) atoms. The van der Waals surface area contributed by atoms with Crippen LogP contribution in [-0.4, -0.2) is 46.0 Å². The summed E-state index contributed by atoms with van der Waals surface area (Å²) in [5, 5.41) is 22.0. The van der Waals surface area contributed by atoms with E-state index in [1.165, 1.54) is 38.1 Å². The zero-order valence-corrected chi connectivity index (χ0v) is 12.0. The van der Waals surface area contributed by atoms with Crippen LogP contribution in [0.4, 0.5) is 0 Å². The fraction of sp³-hybridized carbons (Fsp3) is 0.286. The molecule has 0 aliphatic rings. The Bertz CT molecular complexity index is 564. The van der Waals surface area contributed by atoms with Crippen LogP contribution in [0.25, 0.3) is 0 Å². The lowest BCUT2D eigenvalue weighted by atomic mass is 10.1. The molecule has 1 aromatic rings. The van der Waals surface area contributed by atoms with E-state index in [-0.39, 0.29) is 11.1 Å². The average molecular weight is 308 g/mol. The molecule has 8 nitrogen and oxygen atoms in total. The van der Waals surface area contributed by atoms with E-state index in [0.717, 1.165) is 0 Å². The number of rotatable bonds is 6. The van der Waals surface area contributed by atoms with Gasteiger partial charge < -0.3 is 20.8 Å². The molecule has 0 heterocycles. The second-order valence-electron chi connectivity index (χ2n) is 4.65. The number of amides is 2. The van der Waals surface area contributed by atoms with Crippen molar-refractivity contribution in [1.82, 2.24) is 10.6 Å². The van der Waals surface area contributed by atoms with Crippen LogP contribution in [0.3, 0.4) is 0 Å². The van der Waals surface area contributed by atoms with Gasteiger partial charge in [0.25, 0.3) is 11.8 Å². The van der Waals surface area contributed by atoms with Gasteiger partial charge in [-0.1, -0.05) is 6.07 Å². The summed E-state index contributed by atoms with van der Waals surface area (Å²) in [6.45, 7) is 2.62. The highest BCUT2D eigenvalue weighted by atomic mass is 16.4. The van der Waals surface area contributed by atoms with E-state index >= 15 is 0 Å². The molecular formula is C14H16N2O6. The molecule has 118 valence electrons. The number of carboxylic acid groups (broad SMARTS) is 2. The van der Waals surface area contributed by atoms with Crippen molar-refractivity contribution in [2.24, 2.45) is 0 Å². The molecule has 1 rings (SSSR count). The van der Waals surface area contributed by atoms with Crippen molar-refractivity contribution in [3.63, 3.8) is 0 Å². The zero-order chi connectivity index (χ0) is 16.9. The maximum Gasteiger partial charge on any atom is 0.325 e. The molecule has 1 aromatic carbocycles. The quantitative estimate of drug-likeness (QED) is 0.589. The van der Waals surface area contributed by atoms with Gasteiger partial charge in [0.15, 0.2) is 0 Å². The lowest BCUT2D eigenvalue weighted by Crippen LogP contribution is -2.39. The molecule has 0 aliphatic heterocycles. The standard InChI is InChI=1S/C14H16N2O6/c1-7(13(19)20)15-11(17)9-4-3-5-10(6-9)12(18)16-8(2)14(21)22/h3-8H,1-2H3,(H,15,17)(H,16,18)(H,19,20)(H,21,22)/t7-,8-/m0/s1. The van der Waals surface area contributed by atoms with Crippen LogP contribution in [-0.2, 0) is 9.59 Å². The van der Waals surface area contributed by atoms with Crippen molar-refractivity contribution < 1.29 is 29.4 Å². The topological polar surface area (TPSA) is 133 Å². The van der Waals surface area contributed by atoms with Crippen LogP contribution in [0, 0.1) is 0 Å². The summed E-state index contributed by atoms with van der Waals surface area (Å²) < 4.78 is 0. The van der Waals surface area contributed by atoms with Gasteiger partial charge in [0, 0.05) is 11.1 Å². The fourth-order valence-corrected chi connectivity index (χ4v) is 1.49. The molecule has 8 heteroatoms. The monoisotopic (exact) mass is 308 g/mol. The first-order chi connectivity index (χ1) is 10.2. The smallest absolute Gasteiger partial charge is 0.325 e. The lowest BCUT2D eigenvalue weighted by Gasteiger charge is -2.11. The molecule has 0 unspecified atom stereocenters. The van der Waals surface area contributed by atoms with Gasteiger partial charge in [-0.15, -0.1) is 0 Å². The highest BCUT2D eigenvalue weighted by molar-refractivity contribution is 6.01. The van der Waals surface area contributed by atoms with Gasteiger partial charge >= 0.3 is 11.9 Å². The maximum atomic E-state index is 11.9. The van der Waals surface area contributed by atoms with Gasteiger partial charge in [-0.05, 0) is 32.0 Å². The van der Waals surface area contributed by atoms with Crippen LogP contribution in [0.5, 0.6) is 0 Å². The predicted octanol–water partition coefficient (Wildman–Crippen LogP) is 0.0924. The van der Waals surface area contributed by atoms with Crippen molar-refractivity contribution >= 4 is 23.8 Å². The third-order valence-electron chi connectivity index (χ3n) is 2.82. The molecule has 4 N–H and O–H groups in total. The third-order valence-corrected chi connectivity index (χ3v) is 2.82. The van der Waals surface area contributed by atoms with Crippen LogP contribution in [0.1, 0.15) is 34.6 Å². The van der Waals surface area contributed by atoms with Crippen molar-refractivity contribution in [2.45, 2.75) is 25.9 Å². The molecule has 0 fully saturated rings. The van der Waals surface area contributed by atoms with Crippen molar-refractivity contribution in [3.8, 4) is 0 Å². The Morgan fingerprint density at radius 1 is 0.864 bits per heavy atom. The Hall–Kier alpha value is -2.90. The number of hydrogen-bond donors (Lipinski definition) is 4. The van der Waals surface area contributed by atoms with E-state index in [1.54, 1.807) is 0 Å². The summed E-state index contributed by atoms with van der Waals surface area (Å²) in [4.78, 5) is 45.1. The largest absolute Gasteiger partial charge is 0.480 e. The molecule has 0 aromatic heterocycles. The van der Waals surface area contributed by atoms with Crippen molar-refractivity contribution in [2.75, 3.05) is 0 Å². The summed E-state index contributed by atoms with van der Waals surface area (Å²) in [6, 6.07) is 3.39. The van der Waals surface area contributed by atoms with E-state index in [9.17, 15) is 19.2 Å². The maximum absolute atomic E-state index is 11.9. The summed E-state index contributed by atoms with van der Waals surface area (Å²) in [5.41, 5.74) is 0.201. The Balaban J connectivity index is 2.85. The summed E-state index contributed by atoms with van der Waals surface area (Å²) in [5.74, 6) is -3.65. The number of carbonyl (C=O) groups is 4. The highest BCUT2D eigenvalue weighted by Crippen LogP contribution is 2.06. The molecule has 0 saturated heterocycles. The van der Waals surface area contributed by atoms with Gasteiger partial charge in [0.05, 0.1) is 0 Å². The highest BCUT2D eigenvalue weighted by Gasteiger charge is 2.18. The number of carbonyl (C=O) groups excluding carboxylic acids is 2. The number of nitrogens with one attached hydrogen (secondary N) is 2. The molecule has 0 bridgehead atoms. The van der Waals surface area contributed by atoms with Crippen molar-refractivity contribution in [1.29, 1.82) is 0 Å². The molecule has 0 aliphatic carbocycles. The van der Waals surface area contributed by atoms with Crippen LogP contribution >= 0.6 is 0 Å². The Morgan fingerprint density at radius 2 is 1.23 bits per heavy atom. The Labute approximate surface area is 126 Å². The Kier molecular flexibility index (Phi) is 5.62. The van der Waals surface area contributed by atoms with Gasteiger partial charge in [-0.3, -0.25) is 19.2 Å². The minimum Gasteiger partial charge on any atom is -0.480 e. The number of benzene rings is 1. The first-order valence-electron chi connectivity index (χ1n) is 6.39. The minimum atomic E-state index is -1.18. The minimum absolute atomic E-state index is 0.101. The van der Waals surface area contributed by atoms with Gasteiger partial charge in [0.2, 0.25) is 0 Å². The number of carboxylic acids is 2. The first kappa shape index (κ1) is 17.2. The fourth-order valence-electron chi connectivity index (χ4n) is 1.49. The molecule has 0 spiro atoms. The first-order valence-corrected chi connectivity index (χ1v) is 6.39. The predicted molar refractivity (Wildman–Crippen MR) is 75.6 cm³/mol. The molecule has 2 amide bonds. The summed E-state index contributed by atoms with van der Waals surface area (Å²) in [6.07, 6.45) is 0. The van der Waals surface area contributed by atoms with Gasteiger partial charge in [-0.25, -0.2) is 0 Å². The Morgan fingerprint density at radius 3 is 1.55 bits per heavy atom. The third kappa shape index (κ3) is 4.58. The lowest BCUT2D eigenvalue weighted by molar-refractivity contribution is -0.139. The number of hydrogen-bond acceptors (Lipinski definition) is 4. The molecular weight excluding hydrogens is 292 g/mol. The SMILES string of the molecule is C[C@H](NC(=O)c1cccc(C(=O)N[C@@H](C)C(=O)O)c1)C(=O)O. The van der Waals surface area contributed by atoms with Gasteiger partial charge in [-0.2, -0.15) is 0 Å². The van der Waals surface area contributed by atoms with Crippen LogP contribution in [0.2, 0.25) is 0 Å². The van der Waals surface area contributed by atoms with E-state index in [4.69, 9.17) is 10.2 Å². The molecule has 0 radical (unpaired) electrons. The van der Waals surface area contributed by atoms with E-state index in [1.807, 2.05) is 0 Å². The normalized spacial score (nSPS) is 12.8. The van der Waals surface area contributed by atoms with Crippen molar-refractivity contribution in [3.05, 3.63) is 35.4 Å².